The molecule has 1 aromatic carbocycles. The molecule has 8 nitrogen and oxygen atoms in total. The van der Waals surface area contributed by atoms with Crippen LogP contribution < -0.4 is 16.0 Å². The van der Waals surface area contributed by atoms with Gasteiger partial charge < -0.3 is 21.1 Å². The minimum atomic E-state index is -1.19. The monoisotopic (exact) mass is 373 g/mol. The lowest BCUT2D eigenvalue weighted by Crippen LogP contribution is -2.63. The first kappa shape index (κ1) is 20.2. The van der Waals surface area contributed by atoms with E-state index in [0.717, 1.165) is 5.56 Å². The molecule has 1 heterocycles. The molecule has 0 unspecified atom stereocenters. The van der Waals surface area contributed by atoms with Crippen molar-refractivity contribution in [2.75, 3.05) is 0 Å². The van der Waals surface area contributed by atoms with E-state index in [1.54, 1.807) is 6.92 Å². The average Bonchev–Trinajstić information content (AvgIpc) is 2.59. The number of carbonyl (C=O) groups excluding carboxylic acids is 3. The summed E-state index contributed by atoms with van der Waals surface area (Å²) in [5, 5.41) is 16.6. The Labute approximate surface area is 157 Å². The van der Waals surface area contributed by atoms with Crippen molar-refractivity contribution in [3.63, 3.8) is 0 Å². The number of rotatable bonds is 8. The Kier molecular flexibility index (Phi) is 6.70. The molecule has 0 aromatic heterocycles. The first-order chi connectivity index (χ1) is 12.8. The summed E-state index contributed by atoms with van der Waals surface area (Å²) in [5.74, 6) is -2.68. The quantitative estimate of drug-likeness (QED) is 0.483. The molecule has 4 N–H and O–H groups in total. The van der Waals surface area contributed by atoms with Crippen molar-refractivity contribution in [1.82, 2.24) is 16.0 Å². The van der Waals surface area contributed by atoms with E-state index in [9.17, 15) is 19.2 Å². The summed E-state index contributed by atoms with van der Waals surface area (Å²) in [5.41, 5.74) is 1.51. The van der Waals surface area contributed by atoms with Gasteiger partial charge in [0.05, 0.1) is 6.42 Å². The van der Waals surface area contributed by atoms with E-state index in [4.69, 9.17) is 5.11 Å². The van der Waals surface area contributed by atoms with Gasteiger partial charge in [-0.15, -0.1) is 6.58 Å². The Morgan fingerprint density at radius 2 is 1.74 bits per heavy atom. The Bertz CT molecular complexity index is 747. The summed E-state index contributed by atoms with van der Waals surface area (Å²) >= 11 is 0. The van der Waals surface area contributed by atoms with E-state index in [0.29, 0.717) is 12.0 Å². The Balaban J connectivity index is 1.92. The first-order valence-corrected chi connectivity index (χ1v) is 8.57. The molecule has 1 aromatic rings. The van der Waals surface area contributed by atoms with Crippen LogP contribution in [0.4, 0.5) is 0 Å². The topological polar surface area (TPSA) is 125 Å². The summed E-state index contributed by atoms with van der Waals surface area (Å²) in [6.45, 7) is 5.29. The second kappa shape index (κ2) is 8.98. The highest BCUT2D eigenvalue weighted by Crippen LogP contribution is 2.09. The van der Waals surface area contributed by atoms with Crippen molar-refractivity contribution in [2.45, 2.75) is 44.3 Å². The minimum absolute atomic E-state index is 0.0868. The average molecular weight is 373 g/mol. The molecule has 0 saturated carbocycles. The van der Waals surface area contributed by atoms with Gasteiger partial charge in [0.1, 0.15) is 18.1 Å². The fraction of sp³-hybridized carbons (Fsp3) is 0.368. The number of nitrogens with one attached hydrogen (secondary N) is 3. The van der Waals surface area contributed by atoms with Crippen LogP contribution >= 0.6 is 0 Å². The first-order valence-electron chi connectivity index (χ1n) is 8.57. The third-order valence-corrected chi connectivity index (χ3v) is 4.12. The number of carbonyl (C=O) groups is 4. The van der Waals surface area contributed by atoms with E-state index >= 15 is 0 Å². The van der Waals surface area contributed by atoms with Gasteiger partial charge >= 0.3 is 5.97 Å². The van der Waals surface area contributed by atoms with Gasteiger partial charge in [-0.05, 0) is 18.9 Å². The number of carboxylic acid groups (broad SMARTS) is 1. The lowest BCUT2D eigenvalue weighted by molar-refractivity contribution is -0.142. The van der Waals surface area contributed by atoms with Crippen molar-refractivity contribution in [2.24, 2.45) is 0 Å². The predicted octanol–water partition coefficient (Wildman–Crippen LogP) is 0.138. The van der Waals surface area contributed by atoms with Crippen molar-refractivity contribution in [3.8, 4) is 0 Å². The molecule has 1 aliphatic rings. The molecule has 27 heavy (non-hydrogen) atoms. The molecular formula is C19H23N3O5. The second-order valence-corrected chi connectivity index (χ2v) is 6.64. The highest BCUT2D eigenvalue weighted by molar-refractivity contribution is 5.99. The largest absolute Gasteiger partial charge is 0.480 e. The molecule has 8 heteroatoms. The van der Waals surface area contributed by atoms with Crippen molar-refractivity contribution >= 4 is 23.7 Å². The molecule has 0 spiro atoms. The van der Waals surface area contributed by atoms with E-state index < -0.39 is 35.9 Å². The number of piperazine rings is 1. The third-order valence-electron chi connectivity index (χ3n) is 4.12. The highest BCUT2D eigenvalue weighted by atomic mass is 16.4. The highest BCUT2D eigenvalue weighted by Gasteiger charge is 2.35. The van der Waals surface area contributed by atoms with Crippen molar-refractivity contribution in [3.05, 3.63) is 48.0 Å². The summed E-state index contributed by atoms with van der Waals surface area (Å²) in [7, 11) is 0. The van der Waals surface area contributed by atoms with Crippen LogP contribution in [-0.4, -0.2) is 46.9 Å². The van der Waals surface area contributed by atoms with Gasteiger partial charge in [0, 0.05) is 6.42 Å². The third kappa shape index (κ3) is 5.95. The Hall–Kier alpha value is -3.16. The van der Waals surface area contributed by atoms with Gasteiger partial charge in [0.2, 0.25) is 17.7 Å². The molecule has 0 aliphatic carbocycles. The van der Waals surface area contributed by atoms with Gasteiger partial charge in [-0.2, -0.15) is 0 Å². The number of aliphatic carboxylic acids is 1. The molecule has 144 valence electrons. The molecule has 1 saturated heterocycles. The number of carboxylic acids is 1. The van der Waals surface area contributed by atoms with E-state index in [1.165, 1.54) is 0 Å². The van der Waals surface area contributed by atoms with Crippen LogP contribution in [0.1, 0.15) is 25.3 Å². The molecule has 3 amide bonds. The van der Waals surface area contributed by atoms with Gasteiger partial charge in [0.25, 0.3) is 0 Å². The van der Waals surface area contributed by atoms with E-state index in [-0.39, 0.29) is 18.7 Å². The standard InChI is InChI=1S/C19H23N3O5/c1-11(2)8-15(19(26)27)20-16(23)10-14-18(25)21-13(17(24)22-14)9-12-6-4-3-5-7-12/h3-7,13-15H,1,8-10H2,2H3,(H,20,23)(H,21,25)(H,22,24)(H,26,27)/t13-,14-,15+/m0/s1. The van der Waals surface area contributed by atoms with E-state index in [2.05, 4.69) is 22.5 Å². The van der Waals surface area contributed by atoms with Crippen LogP contribution in [-0.2, 0) is 25.6 Å². The van der Waals surface area contributed by atoms with Gasteiger partial charge in [-0.1, -0.05) is 35.9 Å². The number of amides is 3. The maximum absolute atomic E-state index is 12.2. The molecule has 1 fully saturated rings. The van der Waals surface area contributed by atoms with Crippen LogP contribution in [0, 0.1) is 0 Å². The maximum Gasteiger partial charge on any atom is 0.326 e. The molecule has 3 atom stereocenters. The molecular weight excluding hydrogens is 350 g/mol. The number of hydrogen-bond donors (Lipinski definition) is 4. The summed E-state index contributed by atoms with van der Waals surface area (Å²) in [4.78, 5) is 47.8. The molecule has 1 aliphatic heterocycles. The summed E-state index contributed by atoms with van der Waals surface area (Å²) in [6, 6.07) is 6.38. The van der Waals surface area contributed by atoms with Crippen LogP contribution in [0.5, 0.6) is 0 Å². The number of benzene rings is 1. The van der Waals surface area contributed by atoms with Crippen molar-refractivity contribution < 1.29 is 24.3 Å². The molecule has 0 bridgehead atoms. The second-order valence-electron chi connectivity index (χ2n) is 6.64. The number of hydrogen-bond acceptors (Lipinski definition) is 4. The normalized spacial score (nSPS) is 20.2. The SMILES string of the molecule is C=C(C)C[C@@H](NC(=O)C[C@@H]1NC(=O)[C@H](Cc2ccccc2)NC1=O)C(=O)O. The van der Waals surface area contributed by atoms with Gasteiger partial charge in [-0.3, -0.25) is 14.4 Å². The molecule has 0 radical (unpaired) electrons. The smallest absolute Gasteiger partial charge is 0.326 e. The summed E-state index contributed by atoms with van der Waals surface area (Å²) in [6.07, 6.45) is 0.0933. The fourth-order valence-electron chi connectivity index (χ4n) is 2.80. The van der Waals surface area contributed by atoms with E-state index in [1.807, 2.05) is 30.3 Å². The molecule has 2 rings (SSSR count). The van der Waals surface area contributed by atoms with Gasteiger partial charge in [-0.25, -0.2) is 4.79 Å². The van der Waals surface area contributed by atoms with Gasteiger partial charge in [0.15, 0.2) is 0 Å². The zero-order valence-corrected chi connectivity index (χ0v) is 15.0. The maximum atomic E-state index is 12.2. The fourth-order valence-corrected chi connectivity index (χ4v) is 2.80. The Morgan fingerprint density at radius 1 is 1.15 bits per heavy atom. The zero-order chi connectivity index (χ0) is 20.0. The van der Waals surface area contributed by atoms with Crippen LogP contribution in [0.3, 0.4) is 0 Å². The predicted molar refractivity (Wildman–Crippen MR) is 97.6 cm³/mol. The lowest BCUT2D eigenvalue weighted by Gasteiger charge is -2.29. The zero-order valence-electron chi connectivity index (χ0n) is 15.0. The minimum Gasteiger partial charge on any atom is -0.480 e. The lowest BCUT2D eigenvalue weighted by atomic mass is 10.0. The Morgan fingerprint density at radius 3 is 2.33 bits per heavy atom. The van der Waals surface area contributed by atoms with Crippen LogP contribution in [0.15, 0.2) is 42.5 Å². The summed E-state index contributed by atoms with van der Waals surface area (Å²) < 4.78 is 0. The van der Waals surface area contributed by atoms with Crippen LogP contribution in [0.2, 0.25) is 0 Å². The van der Waals surface area contributed by atoms with Crippen molar-refractivity contribution in [1.29, 1.82) is 0 Å². The van der Waals surface area contributed by atoms with Crippen LogP contribution in [0.25, 0.3) is 0 Å².